The van der Waals surface area contributed by atoms with Gasteiger partial charge in [-0.25, -0.2) is 0 Å². The maximum atomic E-state index is 12.1. The quantitative estimate of drug-likeness (QED) is 0.645. The van der Waals surface area contributed by atoms with Crippen molar-refractivity contribution in [1.82, 2.24) is 4.90 Å². The average molecular weight is 327 g/mol. The Morgan fingerprint density at radius 3 is 2.89 bits per heavy atom. The smallest absolute Gasteiger partial charge is 0.253 e. The van der Waals surface area contributed by atoms with Gasteiger partial charge in [-0.2, -0.15) is 0 Å². The van der Waals surface area contributed by atoms with Crippen LogP contribution in [0.25, 0.3) is 0 Å². The summed E-state index contributed by atoms with van der Waals surface area (Å²) >= 11 is 3.32. The maximum absolute atomic E-state index is 12.1. The highest BCUT2D eigenvalue weighted by Crippen LogP contribution is 2.28. The lowest BCUT2D eigenvalue weighted by atomic mass is 10.2. The van der Waals surface area contributed by atoms with E-state index in [0.717, 1.165) is 17.0 Å². The topological polar surface area (TPSA) is 55.6 Å². The number of rotatable bonds is 6. The van der Waals surface area contributed by atoms with Crippen LogP contribution in [-0.2, 0) is 4.74 Å². The lowest BCUT2D eigenvalue weighted by molar-refractivity contribution is 0.0681. The van der Waals surface area contributed by atoms with Gasteiger partial charge in [-0.15, -0.1) is 0 Å². The Morgan fingerprint density at radius 2 is 2.26 bits per heavy atom. The molecule has 0 radical (unpaired) electrons. The minimum Gasteiger partial charge on any atom is -0.398 e. The fourth-order valence-electron chi connectivity index (χ4n) is 1.73. The third-order valence-electron chi connectivity index (χ3n) is 3.21. The van der Waals surface area contributed by atoms with Gasteiger partial charge in [0.15, 0.2) is 0 Å². The van der Waals surface area contributed by atoms with Crippen LogP contribution >= 0.6 is 15.9 Å². The fourth-order valence-corrected chi connectivity index (χ4v) is 1.98. The molecule has 2 rings (SSSR count). The molecule has 1 aliphatic carbocycles. The number of amides is 1. The second-order valence-electron chi connectivity index (χ2n) is 4.98. The molecule has 104 valence electrons. The van der Waals surface area contributed by atoms with Crippen molar-refractivity contribution in [3.8, 4) is 0 Å². The summed E-state index contributed by atoms with van der Waals surface area (Å²) in [5.74, 6) is 0.724. The molecule has 0 atom stereocenters. The van der Waals surface area contributed by atoms with Crippen molar-refractivity contribution in [3.63, 3.8) is 0 Å². The molecule has 0 aliphatic heterocycles. The van der Waals surface area contributed by atoms with Gasteiger partial charge in [0.1, 0.15) is 0 Å². The van der Waals surface area contributed by atoms with Crippen molar-refractivity contribution < 1.29 is 9.53 Å². The molecule has 0 heterocycles. The van der Waals surface area contributed by atoms with E-state index in [1.165, 1.54) is 12.8 Å². The number of nitrogen functional groups attached to an aromatic ring is 1. The second-order valence-corrected chi connectivity index (χ2v) is 5.84. The number of benzene rings is 1. The molecule has 0 unspecified atom stereocenters. The molecule has 0 bridgehead atoms. The molecule has 1 saturated carbocycles. The SMILES string of the molecule is CN(CCOCC1CC1)C(=O)c1ccc(Br)c(N)c1. The number of ether oxygens (including phenoxy) is 1. The molecule has 1 aliphatic rings. The Kier molecular flexibility index (Phi) is 4.82. The fraction of sp³-hybridized carbons (Fsp3) is 0.500. The summed E-state index contributed by atoms with van der Waals surface area (Å²) in [6, 6.07) is 5.25. The lowest BCUT2D eigenvalue weighted by Gasteiger charge is -2.17. The largest absolute Gasteiger partial charge is 0.398 e. The van der Waals surface area contributed by atoms with Crippen molar-refractivity contribution in [1.29, 1.82) is 0 Å². The molecule has 1 fully saturated rings. The minimum absolute atomic E-state index is 0.0331. The maximum Gasteiger partial charge on any atom is 0.253 e. The summed E-state index contributed by atoms with van der Waals surface area (Å²) in [5, 5.41) is 0. The molecule has 1 aromatic rings. The summed E-state index contributed by atoms with van der Waals surface area (Å²) in [6.07, 6.45) is 2.57. The lowest BCUT2D eigenvalue weighted by Crippen LogP contribution is -2.30. The third-order valence-corrected chi connectivity index (χ3v) is 3.93. The van der Waals surface area contributed by atoms with Crippen LogP contribution in [0, 0.1) is 5.92 Å². The van der Waals surface area contributed by atoms with E-state index < -0.39 is 0 Å². The normalized spacial score (nSPS) is 14.4. The van der Waals surface area contributed by atoms with Crippen LogP contribution in [0.5, 0.6) is 0 Å². The molecule has 0 spiro atoms. The monoisotopic (exact) mass is 326 g/mol. The Bertz CT molecular complexity index is 461. The van der Waals surface area contributed by atoms with E-state index >= 15 is 0 Å². The number of hydrogen-bond acceptors (Lipinski definition) is 3. The molecule has 19 heavy (non-hydrogen) atoms. The van der Waals surface area contributed by atoms with Crippen LogP contribution in [0.15, 0.2) is 22.7 Å². The zero-order valence-electron chi connectivity index (χ0n) is 11.1. The summed E-state index contributed by atoms with van der Waals surface area (Å²) in [7, 11) is 1.78. The number of carbonyl (C=O) groups excluding carboxylic acids is 1. The Balaban J connectivity index is 1.81. The molecule has 4 nitrogen and oxygen atoms in total. The summed E-state index contributed by atoms with van der Waals surface area (Å²) in [5.41, 5.74) is 6.95. The van der Waals surface area contributed by atoms with Crippen molar-refractivity contribution >= 4 is 27.5 Å². The van der Waals surface area contributed by atoms with Crippen LogP contribution in [0.1, 0.15) is 23.2 Å². The van der Waals surface area contributed by atoms with Crippen molar-refractivity contribution in [2.75, 3.05) is 32.5 Å². The Labute approximate surface area is 122 Å². The van der Waals surface area contributed by atoms with Gasteiger partial charge in [0, 0.05) is 35.9 Å². The van der Waals surface area contributed by atoms with E-state index in [2.05, 4.69) is 15.9 Å². The number of anilines is 1. The number of halogens is 1. The predicted molar refractivity (Wildman–Crippen MR) is 79.1 cm³/mol. The van der Waals surface area contributed by atoms with Crippen LogP contribution < -0.4 is 5.73 Å². The Morgan fingerprint density at radius 1 is 1.53 bits per heavy atom. The zero-order chi connectivity index (χ0) is 13.8. The Hall–Kier alpha value is -1.07. The van der Waals surface area contributed by atoms with Gasteiger partial charge in [-0.1, -0.05) is 0 Å². The van der Waals surface area contributed by atoms with Gasteiger partial charge in [0.2, 0.25) is 0 Å². The van der Waals surface area contributed by atoms with E-state index in [0.29, 0.717) is 24.4 Å². The highest BCUT2D eigenvalue weighted by molar-refractivity contribution is 9.10. The first-order chi connectivity index (χ1) is 9.08. The molecular formula is C14H19BrN2O2. The highest BCUT2D eigenvalue weighted by atomic mass is 79.9. The zero-order valence-corrected chi connectivity index (χ0v) is 12.6. The van der Waals surface area contributed by atoms with Gasteiger partial charge < -0.3 is 15.4 Å². The van der Waals surface area contributed by atoms with E-state index in [4.69, 9.17) is 10.5 Å². The van der Waals surface area contributed by atoms with Gasteiger partial charge in [0.05, 0.1) is 6.61 Å². The number of carbonyl (C=O) groups is 1. The van der Waals surface area contributed by atoms with Gasteiger partial charge in [-0.05, 0) is 52.9 Å². The molecule has 1 amide bonds. The van der Waals surface area contributed by atoms with E-state index in [1.54, 1.807) is 30.1 Å². The van der Waals surface area contributed by atoms with Gasteiger partial charge in [-0.3, -0.25) is 4.79 Å². The van der Waals surface area contributed by atoms with E-state index in [1.807, 2.05) is 0 Å². The third kappa shape index (κ3) is 4.21. The van der Waals surface area contributed by atoms with Crippen LogP contribution in [-0.4, -0.2) is 37.6 Å². The van der Waals surface area contributed by atoms with Crippen LogP contribution in [0.3, 0.4) is 0 Å². The van der Waals surface area contributed by atoms with Gasteiger partial charge >= 0.3 is 0 Å². The highest BCUT2D eigenvalue weighted by Gasteiger charge is 2.21. The molecule has 0 aromatic heterocycles. The molecular weight excluding hydrogens is 308 g/mol. The number of nitrogens with two attached hydrogens (primary N) is 1. The predicted octanol–water partition coefficient (Wildman–Crippen LogP) is 2.53. The van der Waals surface area contributed by atoms with E-state index in [9.17, 15) is 4.79 Å². The first kappa shape index (κ1) is 14.3. The van der Waals surface area contributed by atoms with Crippen molar-refractivity contribution in [3.05, 3.63) is 28.2 Å². The number of nitrogens with zero attached hydrogens (tertiary/aromatic N) is 1. The molecule has 1 aromatic carbocycles. The summed E-state index contributed by atoms with van der Waals surface area (Å²) in [6.45, 7) is 2.01. The first-order valence-electron chi connectivity index (χ1n) is 6.46. The van der Waals surface area contributed by atoms with Crippen LogP contribution in [0.2, 0.25) is 0 Å². The molecule has 0 saturated heterocycles. The van der Waals surface area contributed by atoms with Crippen molar-refractivity contribution in [2.45, 2.75) is 12.8 Å². The first-order valence-corrected chi connectivity index (χ1v) is 7.25. The van der Waals surface area contributed by atoms with Crippen molar-refractivity contribution in [2.24, 2.45) is 5.92 Å². The molecule has 2 N–H and O–H groups in total. The number of hydrogen-bond donors (Lipinski definition) is 1. The average Bonchev–Trinajstić information content (AvgIpc) is 3.21. The van der Waals surface area contributed by atoms with E-state index in [-0.39, 0.29) is 5.91 Å². The summed E-state index contributed by atoms with van der Waals surface area (Å²) < 4.78 is 6.34. The minimum atomic E-state index is -0.0331. The molecule has 5 heteroatoms. The second kappa shape index (κ2) is 6.39. The summed E-state index contributed by atoms with van der Waals surface area (Å²) in [4.78, 5) is 13.8. The van der Waals surface area contributed by atoms with Crippen LogP contribution in [0.4, 0.5) is 5.69 Å². The standard InChI is InChI=1S/C14H19BrN2O2/c1-17(6-7-19-9-10-2-3-10)14(18)11-4-5-12(15)13(16)8-11/h4-5,8,10H,2-3,6-7,9,16H2,1H3. The number of likely N-dealkylation sites (N-methyl/N-ethyl adjacent to an activating group) is 1. The van der Waals surface area contributed by atoms with Gasteiger partial charge in [0.25, 0.3) is 5.91 Å².